The highest BCUT2D eigenvalue weighted by Gasteiger charge is 2.36. The monoisotopic (exact) mass is 379 g/mol. The van der Waals surface area contributed by atoms with Crippen LogP contribution in [0.5, 0.6) is 0 Å². The van der Waals surface area contributed by atoms with Crippen molar-refractivity contribution in [3.05, 3.63) is 36.0 Å². The van der Waals surface area contributed by atoms with Gasteiger partial charge < -0.3 is 9.80 Å². The van der Waals surface area contributed by atoms with Crippen LogP contribution < -0.4 is 4.90 Å². The zero-order valence-electron chi connectivity index (χ0n) is 15.6. The lowest BCUT2D eigenvalue weighted by Gasteiger charge is -2.36. The number of benzene rings is 1. The number of hydrogen-bond donors (Lipinski definition) is 0. The van der Waals surface area contributed by atoms with Crippen molar-refractivity contribution in [3.63, 3.8) is 0 Å². The summed E-state index contributed by atoms with van der Waals surface area (Å²) in [6.45, 7) is 3.67. The van der Waals surface area contributed by atoms with E-state index < -0.39 is 24.5 Å². The van der Waals surface area contributed by atoms with Crippen LogP contribution in [0.3, 0.4) is 0 Å². The maximum absolute atomic E-state index is 12.8. The molecule has 0 saturated carbocycles. The van der Waals surface area contributed by atoms with Gasteiger partial charge in [0, 0.05) is 36.9 Å². The minimum absolute atomic E-state index is 0.0617. The molecular weight excluding hydrogens is 355 g/mol. The van der Waals surface area contributed by atoms with E-state index in [0.717, 1.165) is 40.0 Å². The molecule has 2 heterocycles. The molecule has 1 atom stereocenters. The lowest BCUT2D eigenvalue weighted by Crippen LogP contribution is -2.47. The second-order valence-corrected chi connectivity index (χ2v) is 7.05. The molecule has 1 aromatic carbocycles. The molecule has 0 N–H and O–H groups in total. The number of alkyl halides is 3. The number of pyridine rings is 1. The van der Waals surface area contributed by atoms with Gasteiger partial charge in [0.05, 0.1) is 11.4 Å². The summed E-state index contributed by atoms with van der Waals surface area (Å²) in [4.78, 5) is 20.2. The van der Waals surface area contributed by atoms with Crippen LogP contribution >= 0.6 is 0 Å². The number of carbonyl (C=O) groups is 1. The Hall–Kier alpha value is -2.31. The zero-order chi connectivity index (χ0) is 19.6. The highest BCUT2D eigenvalue weighted by molar-refractivity contribution is 5.93. The van der Waals surface area contributed by atoms with Crippen molar-refractivity contribution in [2.75, 3.05) is 31.1 Å². The highest BCUT2D eigenvalue weighted by atomic mass is 19.4. The lowest BCUT2D eigenvalue weighted by molar-refractivity contribution is -0.163. The van der Waals surface area contributed by atoms with Gasteiger partial charge in [0.15, 0.2) is 0 Å². The predicted octanol–water partition coefficient (Wildman–Crippen LogP) is 4.17. The van der Waals surface area contributed by atoms with E-state index in [2.05, 4.69) is 9.88 Å². The molecule has 0 aliphatic carbocycles. The molecule has 0 bridgehead atoms. The first-order chi connectivity index (χ1) is 12.8. The van der Waals surface area contributed by atoms with E-state index in [1.165, 1.54) is 0 Å². The van der Waals surface area contributed by atoms with Gasteiger partial charge in [0.2, 0.25) is 5.91 Å². The molecule has 2 aromatic rings. The van der Waals surface area contributed by atoms with E-state index in [1.807, 2.05) is 31.2 Å². The van der Waals surface area contributed by atoms with Gasteiger partial charge in [-0.25, -0.2) is 0 Å². The molecule has 3 rings (SSSR count). The van der Waals surface area contributed by atoms with Crippen LogP contribution in [0, 0.1) is 12.8 Å². The average molecular weight is 379 g/mol. The van der Waals surface area contributed by atoms with E-state index >= 15 is 0 Å². The maximum atomic E-state index is 12.8. The van der Waals surface area contributed by atoms with Gasteiger partial charge in [-0.05, 0) is 38.3 Å². The molecule has 1 unspecified atom stereocenters. The summed E-state index contributed by atoms with van der Waals surface area (Å²) in [6, 6.07) is 7.88. The lowest BCUT2D eigenvalue weighted by atomic mass is 9.95. The third-order valence-electron chi connectivity index (χ3n) is 5.12. The van der Waals surface area contributed by atoms with Gasteiger partial charge >= 0.3 is 6.18 Å². The molecule has 1 fully saturated rings. The van der Waals surface area contributed by atoms with E-state index in [0.29, 0.717) is 13.0 Å². The van der Waals surface area contributed by atoms with Crippen LogP contribution in [-0.2, 0) is 4.79 Å². The second kappa shape index (κ2) is 7.74. The minimum Gasteiger partial charge on any atom is -0.370 e. The molecule has 4 nitrogen and oxygen atoms in total. The van der Waals surface area contributed by atoms with Crippen molar-refractivity contribution in [1.82, 2.24) is 9.88 Å². The standard InChI is InChI=1S/C20H24F3N3O/c1-3-25(13-20(21,22)23)19(27)15-7-5-11-26(12-15)17-9-10-24-18-14(2)6-4-8-16(17)18/h4,6,8-10,15H,3,5,7,11-13H2,1-2H3. The molecule has 1 saturated heterocycles. The summed E-state index contributed by atoms with van der Waals surface area (Å²) < 4.78 is 38.3. The Bertz CT molecular complexity index is 822. The number of amides is 1. The van der Waals surface area contributed by atoms with Crippen LogP contribution in [0.25, 0.3) is 10.9 Å². The summed E-state index contributed by atoms with van der Waals surface area (Å²) >= 11 is 0. The maximum Gasteiger partial charge on any atom is 0.406 e. The van der Waals surface area contributed by atoms with Gasteiger partial charge in [-0.15, -0.1) is 0 Å². The average Bonchev–Trinajstić information content (AvgIpc) is 2.65. The molecule has 0 spiro atoms. The highest BCUT2D eigenvalue weighted by Crippen LogP contribution is 2.31. The number of fused-ring (bicyclic) bond motifs is 1. The quantitative estimate of drug-likeness (QED) is 0.800. The van der Waals surface area contributed by atoms with Crippen LogP contribution in [0.15, 0.2) is 30.5 Å². The molecule has 1 amide bonds. The van der Waals surface area contributed by atoms with Crippen molar-refractivity contribution in [1.29, 1.82) is 0 Å². The molecule has 1 aromatic heterocycles. The minimum atomic E-state index is -4.38. The molecule has 1 aliphatic heterocycles. The summed E-state index contributed by atoms with van der Waals surface area (Å²) in [5.41, 5.74) is 2.97. The molecule has 27 heavy (non-hydrogen) atoms. The fraction of sp³-hybridized carbons (Fsp3) is 0.500. The Morgan fingerprint density at radius 1 is 1.33 bits per heavy atom. The van der Waals surface area contributed by atoms with E-state index in [4.69, 9.17) is 0 Å². The van der Waals surface area contributed by atoms with Gasteiger partial charge in [0.1, 0.15) is 6.54 Å². The second-order valence-electron chi connectivity index (χ2n) is 7.05. The SMILES string of the molecule is CCN(CC(F)(F)F)C(=O)C1CCCN(c2ccnc3c(C)cccc23)C1. The van der Waals surface area contributed by atoms with E-state index in [1.54, 1.807) is 13.1 Å². The molecule has 0 radical (unpaired) electrons. The summed E-state index contributed by atoms with van der Waals surface area (Å²) in [6.07, 6.45) is -1.24. The normalized spacial score (nSPS) is 18.0. The largest absolute Gasteiger partial charge is 0.406 e. The third-order valence-corrected chi connectivity index (χ3v) is 5.12. The van der Waals surface area contributed by atoms with Gasteiger partial charge in [0.25, 0.3) is 0 Å². The van der Waals surface area contributed by atoms with Gasteiger partial charge in [-0.2, -0.15) is 13.2 Å². The summed E-state index contributed by atoms with van der Waals surface area (Å²) in [5, 5.41) is 1.01. The van der Waals surface area contributed by atoms with Crippen molar-refractivity contribution >= 4 is 22.5 Å². The number of aryl methyl sites for hydroxylation is 1. The third kappa shape index (κ3) is 4.34. The Kier molecular flexibility index (Phi) is 5.58. The van der Waals surface area contributed by atoms with E-state index in [-0.39, 0.29) is 6.54 Å². The van der Waals surface area contributed by atoms with E-state index in [9.17, 15) is 18.0 Å². The van der Waals surface area contributed by atoms with Crippen molar-refractivity contribution in [2.24, 2.45) is 5.92 Å². The Morgan fingerprint density at radius 3 is 2.81 bits per heavy atom. The molecule has 146 valence electrons. The number of anilines is 1. The first kappa shape index (κ1) is 19.5. The fourth-order valence-corrected chi connectivity index (χ4v) is 3.80. The van der Waals surface area contributed by atoms with Crippen LogP contribution in [0.1, 0.15) is 25.3 Å². The number of hydrogen-bond acceptors (Lipinski definition) is 3. The van der Waals surface area contributed by atoms with Crippen molar-refractivity contribution < 1.29 is 18.0 Å². The fourth-order valence-electron chi connectivity index (χ4n) is 3.80. The predicted molar refractivity (Wildman–Crippen MR) is 99.7 cm³/mol. The van der Waals surface area contributed by atoms with Crippen LogP contribution in [0.2, 0.25) is 0 Å². The van der Waals surface area contributed by atoms with Crippen molar-refractivity contribution in [2.45, 2.75) is 32.9 Å². The Balaban J connectivity index is 1.82. The number of para-hydroxylation sites is 1. The van der Waals surface area contributed by atoms with Gasteiger partial charge in [-0.3, -0.25) is 9.78 Å². The summed E-state index contributed by atoms with van der Waals surface area (Å²) in [5.74, 6) is -0.830. The first-order valence-corrected chi connectivity index (χ1v) is 9.25. The first-order valence-electron chi connectivity index (χ1n) is 9.25. The number of piperidine rings is 1. The smallest absolute Gasteiger partial charge is 0.370 e. The van der Waals surface area contributed by atoms with Crippen molar-refractivity contribution in [3.8, 4) is 0 Å². The number of halogens is 3. The van der Waals surface area contributed by atoms with Gasteiger partial charge in [-0.1, -0.05) is 18.2 Å². The van der Waals surface area contributed by atoms with Crippen LogP contribution in [-0.4, -0.2) is 48.1 Å². The number of rotatable bonds is 4. The summed E-state index contributed by atoms with van der Waals surface area (Å²) in [7, 11) is 0. The topological polar surface area (TPSA) is 36.4 Å². The Labute approximate surface area is 157 Å². The number of aromatic nitrogens is 1. The zero-order valence-corrected chi connectivity index (χ0v) is 15.6. The number of nitrogens with zero attached hydrogens (tertiary/aromatic N) is 3. The molecular formula is C20H24F3N3O. The molecule has 1 aliphatic rings. The number of carbonyl (C=O) groups excluding carboxylic acids is 1. The molecule has 7 heteroatoms. The Morgan fingerprint density at radius 2 is 2.11 bits per heavy atom. The van der Waals surface area contributed by atoms with Crippen LogP contribution in [0.4, 0.5) is 18.9 Å².